The van der Waals surface area contributed by atoms with Gasteiger partial charge in [-0.25, -0.2) is 0 Å². The van der Waals surface area contributed by atoms with E-state index >= 15 is 0 Å². The van der Waals surface area contributed by atoms with E-state index in [1.807, 2.05) is 0 Å². The number of hydrogen-bond donors (Lipinski definition) is 4. The molecule has 0 heterocycles. The number of methoxy groups -OCH3 is 1. The number of aliphatic carboxylic acids is 1. The van der Waals surface area contributed by atoms with Gasteiger partial charge in [0.05, 0.1) is 39.0 Å². The first-order valence-electron chi connectivity index (χ1n) is 10.3. The van der Waals surface area contributed by atoms with Gasteiger partial charge >= 0.3 is 11.9 Å². The molecule has 0 aliphatic heterocycles. The number of hydrogen-bond acceptors (Lipinski definition) is 10. The van der Waals surface area contributed by atoms with Crippen LogP contribution in [0.4, 0.5) is 0 Å². The molecule has 184 valence electrons. The zero-order chi connectivity index (χ0) is 23.9. The van der Waals surface area contributed by atoms with Crippen LogP contribution in [0.5, 0.6) is 0 Å². The van der Waals surface area contributed by atoms with Gasteiger partial charge in [-0.3, -0.25) is 9.59 Å². The number of esters is 1. The Labute approximate surface area is 183 Å². The molecule has 4 atom stereocenters. The number of rotatable bonds is 19. The second kappa shape index (κ2) is 16.3. The lowest BCUT2D eigenvalue weighted by atomic mass is 9.84. The Balaban J connectivity index is 4.82. The van der Waals surface area contributed by atoms with Gasteiger partial charge in [-0.2, -0.15) is 0 Å². The fraction of sp³-hybridized carbons (Fsp3) is 0.900. The van der Waals surface area contributed by atoms with Crippen molar-refractivity contribution in [1.29, 1.82) is 0 Å². The van der Waals surface area contributed by atoms with Gasteiger partial charge in [0.25, 0.3) is 0 Å². The van der Waals surface area contributed by atoms with Crippen LogP contribution in [-0.4, -0.2) is 97.3 Å². The minimum Gasteiger partial charge on any atom is -0.481 e. The molecule has 0 saturated carbocycles. The van der Waals surface area contributed by atoms with Gasteiger partial charge in [0, 0.05) is 13.5 Å². The summed E-state index contributed by atoms with van der Waals surface area (Å²) in [6, 6.07) is 0. The van der Waals surface area contributed by atoms with Gasteiger partial charge in [0.15, 0.2) is 12.6 Å². The zero-order valence-corrected chi connectivity index (χ0v) is 18.8. The van der Waals surface area contributed by atoms with E-state index < -0.39 is 55.4 Å². The van der Waals surface area contributed by atoms with Crippen LogP contribution >= 0.6 is 0 Å². The second-order valence-electron chi connectivity index (χ2n) is 7.82. The van der Waals surface area contributed by atoms with Crippen LogP contribution < -0.4 is 0 Å². The molecule has 0 aromatic rings. The molecule has 0 spiro atoms. The van der Waals surface area contributed by atoms with Crippen LogP contribution in [-0.2, 0) is 33.3 Å². The molecule has 11 heteroatoms. The van der Waals surface area contributed by atoms with Gasteiger partial charge in [-0.05, 0) is 18.3 Å². The predicted molar refractivity (Wildman–Crippen MR) is 108 cm³/mol. The van der Waals surface area contributed by atoms with Crippen molar-refractivity contribution in [3.63, 3.8) is 0 Å². The van der Waals surface area contributed by atoms with E-state index in [4.69, 9.17) is 33.9 Å². The van der Waals surface area contributed by atoms with E-state index in [1.165, 1.54) is 7.11 Å². The van der Waals surface area contributed by atoms with Crippen LogP contribution in [0.3, 0.4) is 0 Å². The van der Waals surface area contributed by atoms with Crippen LogP contribution in [0.15, 0.2) is 0 Å². The largest absolute Gasteiger partial charge is 0.481 e. The van der Waals surface area contributed by atoms with Crippen molar-refractivity contribution in [2.24, 2.45) is 5.41 Å². The van der Waals surface area contributed by atoms with Crippen molar-refractivity contribution in [2.75, 3.05) is 40.1 Å². The minimum absolute atomic E-state index is 0.0125. The number of carboxylic acid groups (broad SMARTS) is 1. The Morgan fingerprint density at radius 1 is 0.935 bits per heavy atom. The van der Waals surface area contributed by atoms with Crippen molar-refractivity contribution in [3.8, 4) is 0 Å². The number of aliphatic hydroxyl groups is 3. The molecule has 11 nitrogen and oxygen atoms in total. The fourth-order valence-electron chi connectivity index (χ4n) is 2.48. The van der Waals surface area contributed by atoms with Crippen molar-refractivity contribution in [3.05, 3.63) is 0 Å². The summed E-state index contributed by atoms with van der Waals surface area (Å²) in [6.45, 7) is 3.85. The van der Waals surface area contributed by atoms with Gasteiger partial charge in [0.2, 0.25) is 0 Å². The average molecular weight is 455 g/mol. The summed E-state index contributed by atoms with van der Waals surface area (Å²) in [7, 11) is 1.34. The molecule has 0 bridgehead atoms. The van der Waals surface area contributed by atoms with Crippen molar-refractivity contribution < 1.29 is 53.7 Å². The molecule has 0 rings (SSSR count). The van der Waals surface area contributed by atoms with Crippen molar-refractivity contribution in [1.82, 2.24) is 0 Å². The normalized spacial score (nSPS) is 15.8. The lowest BCUT2D eigenvalue weighted by Gasteiger charge is -2.27. The second-order valence-corrected chi connectivity index (χ2v) is 7.82. The summed E-state index contributed by atoms with van der Waals surface area (Å²) in [6.07, 6.45) is -2.58. The lowest BCUT2D eigenvalue weighted by Crippen LogP contribution is -2.37. The smallest absolute Gasteiger partial charge is 0.306 e. The van der Waals surface area contributed by atoms with Crippen LogP contribution in [0.2, 0.25) is 0 Å². The highest BCUT2D eigenvalue weighted by Crippen LogP contribution is 2.27. The molecule has 0 aliphatic carbocycles. The summed E-state index contributed by atoms with van der Waals surface area (Å²) < 4.78 is 26.6. The minimum atomic E-state index is -1.03. The van der Waals surface area contributed by atoms with Crippen LogP contribution in [0, 0.1) is 5.41 Å². The number of carboxylic acids is 1. The van der Waals surface area contributed by atoms with E-state index in [-0.39, 0.29) is 32.7 Å². The maximum atomic E-state index is 12.2. The molecule has 0 fully saturated rings. The Bertz CT molecular complexity index is 490. The topological polar surface area (TPSA) is 161 Å². The first-order chi connectivity index (χ1) is 14.6. The van der Waals surface area contributed by atoms with Crippen LogP contribution in [0.1, 0.15) is 46.5 Å². The maximum absolute atomic E-state index is 12.2. The van der Waals surface area contributed by atoms with E-state index in [2.05, 4.69) is 0 Å². The van der Waals surface area contributed by atoms with Gasteiger partial charge in [-0.1, -0.05) is 20.8 Å². The number of carbonyl (C=O) groups excluding carboxylic acids is 1. The van der Waals surface area contributed by atoms with E-state index in [0.29, 0.717) is 12.8 Å². The Morgan fingerprint density at radius 2 is 1.55 bits per heavy atom. The Morgan fingerprint density at radius 3 is 2.03 bits per heavy atom. The third-order valence-electron chi connectivity index (χ3n) is 4.45. The Kier molecular flexibility index (Phi) is 15.6. The molecule has 2 unspecified atom stereocenters. The molecule has 0 saturated heterocycles. The standard InChI is InChI=1S/C20H38O11/c1-5-14(9-21)30-19(29-12-15(10-22)31-18(11-23)27-4)13-28-17(26)8-20(2,3)7-6-16(24)25/h14-15,18-19,21-23H,5-13H2,1-4H3,(H,24,25)/t14?,15?,18-,19-/m0/s1. The summed E-state index contributed by atoms with van der Waals surface area (Å²) in [5.74, 6) is -1.48. The van der Waals surface area contributed by atoms with E-state index in [0.717, 1.165) is 0 Å². The van der Waals surface area contributed by atoms with E-state index in [1.54, 1.807) is 20.8 Å². The monoisotopic (exact) mass is 454 g/mol. The van der Waals surface area contributed by atoms with Crippen LogP contribution in [0.25, 0.3) is 0 Å². The van der Waals surface area contributed by atoms with Gasteiger partial charge < -0.3 is 44.1 Å². The lowest BCUT2D eigenvalue weighted by molar-refractivity contribution is -0.236. The molecule has 0 aromatic heterocycles. The third-order valence-corrected chi connectivity index (χ3v) is 4.45. The first-order valence-corrected chi connectivity index (χ1v) is 10.3. The molecule has 0 amide bonds. The maximum Gasteiger partial charge on any atom is 0.306 e. The number of ether oxygens (including phenoxy) is 5. The average Bonchev–Trinajstić information content (AvgIpc) is 2.73. The fourth-order valence-corrected chi connectivity index (χ4v) is 2.48. The quantitative estimate of drug-likeness (QED) is 0.157. The molecule has 0 aliphatic rings. The summed E-state index contributed by atoms with van der Waals surface area (Å²) in [5.41, 5.74) is -0.557. The van der Waals surface area contributed by atoms with E-state index in [9.17, 15) is 19.8 Å². The van der Waals surface area contributed by atoms with Crippen molar-refractivity contribution in [2.45, 2.75) is 71.2 Å². The zero-order valence-electron chi connectivity index (χ0n) is 18.8. The number of aliphatic hydroxyl groups excluding tert-OH is 3. The SMILES string of the molecule is CCC(CO)O[C@@H](COC(=O)CC(C)(C)CCC(=O)O)OCC(CO)O[C@@H](CO)OC. The van der Waals surface area contributed by atoms with Gasteiger partial charge in [0.1, 0.15) is 12.7 Å². The van der Waals surface area contributed by atoms with Crippen molar-refractivity contribution >= 4 is 11.9 Å². The summed E-state index contributed by atoms with van der Waals surface area (Å²) in [5, 5.41) is 36.7. The molecule has 31 heavy (non-hydrogen) atoms. The number of carbonyl (C=O) groups is 2. The van der Waals surface area contributed by atoms with Gasteiger partial charge in [-0.15, -0.1) is 0 Å². The summed E-state index contributed by atoms with van der Waals surface area (Å²) >= 11 is 0. The molecular formula is C20H38O11. The highest BCUT2D eigenvalue weighted by Gasteiger charge is 2.26. The first kappa shape index (κ1) is 29.7. The predicted octanol–water partition coefficient (Wildman–Crippen LogP) is 0.283. The molecular weight excluding hydrogens is 416 g/mol. The molecule has 0 radical (unpaired) electrons. The molecule has 4 N–H and O–H groups in total. The Hall–Kier alpha value is -1.34. The summed E-state index contributed by atoms with van der Waals surface area (Å²) in [4.78, 5) is 23.0. The highest BCUT2D eigenvalue weighted by molar-refractivity contribution is 5.70. The highest BCUT2D eigenvalue weighted by atomic mass is 16.7. The third kappa shape index (κ3) is 14.4. The molecule has 0 aromatic carbocycles.